The van der Waals surface area contributed by atoms with Crippen molar-refractivity contribution in [2.75, 3.05) is 25.0 Å². The molecular formula is C12H26Cl2O2Si. The summed E-state index contributed by atoms with van der Waals surface area (Å²) in [5.41, 5.74) is 0. The van der Waals surface area contributed by atoms with Crippen LogP contribution in [-0.2, 0) is 8.85 Å². The number of unbranched alkanes of at least 4 members (excludes halogenated alkanes) is 2. The van der Waals surface area contributed by atoms with Crippen molar-refractivity contribution in [2.24, 2.45) is 0 Å². The Kier molecular flexibility index (Phi) is 12.3. The minimum atomic E-state index is -1.99. The summed E-state index contributed by atoms with van der Waals surface area (Å²) in [6.07, 6.45) is 4.31. The highest BCUT2D eigenvalue weighted by molar-refractivity contribution is 6.67. The Morgan fingerprint density at radius 2 is 1.18 bits per heavy atom. The first-order chi connectivity index (χ1) is 8.24. The predicted octanol–water partition coefficient (Wildman–Crippen LogP) is 4.54. The Morgan fingerprint density at radius 3 is 1.47 bits per heavy atom. The van der Waals surface area contributed by atoms with E-state index in [2.05, 4.69) is 0 Å². The standard InChI is InChI=1S/C12H26Cl2O2Si/c1-3-15-17(16-4-2,11-7-5-9-13)12-8-6-10-14/h3-12H2,1-2H3. The summed E-state index contributed by atoms with van der Waals surface area (Å²) in [5, 5.41) is 0. The molecule has 0 heterocycles. The Balaban J connectivity index is 4.25. The topological polar surface area (TPSA) is 18.5 Å². The molecular weight excluding hydrogens is 275 g/mol. The molecule has 0 bridgehead atoms. The molecule has 104 valence electrons. The zero-order chi connectivity index (χ0) is 13.0. The van der Waals surface area contributed by atoms with Gasteiger partial charge in [-0.1, -0.05) is 12.8 Å². The Morgan fingerprint density at radius 1 is 0.765 bits per heavy atom. The Bertz CT molecular complexity index is 153. The molecule has 2 nitrogen and oxygen atoms in total. The number of alkyl halides is 2. The lowest BCUT2D eigenvalue weighted by Crippen LogP contribution is -2.42. The van der Waals surface area contributed by atoms with Crippen LogP contribution in [0.4, 0.5) is 0 Å². The Hall–Kier alpha value is 0.717. The maximum Gasteiger partial charge on any atom is 0.338 e. The van der Waals surface area contributed by atoms with Crippen molar-refractivity contribution in [2.45, 2.75) is 51.6 Å². The molecule has 0 amide bonds. The van der Waals surface area contributed by atoms with Gasteiger partial charge in [-0.3, -0.25) is 0 Å². The smallest absolute Gasteiger partial charge is 0.338 e. The van der Waals surface area contributed by atoms with Crippen LogP contribution in [0.1, 0.15) is 39.5 Å². The van der Waals surface area contributed by atoms with Crippen molar-refractivity contribution in [3.8, 4) is 0 Å². The third-order valence-corrected chi connectivity index (χ3v) is 7.09. The van der Waals surface area contributed by atoms with Gasteiger partial charge in [-0.05, 0) is 38.8 Å². The lowest BCUT2D eigenvalue weighted by molar-refractivity contribution is 0.180. The highest BCUT2D eigenvalue weighted by Gasteiger charge is 2.35. The number of hydrogen-bond acceptors (Lipinski definition) is 2. The largest absolute Gasteiger partial charge is 0.394 e. The summed E-state index contributed by atoms with van der Waals surface area (Å²) in [5.74, 6) is 1.45. The van der Waals surface area contributed by atoms with Gasteiger partial charge in [-0.15, -0.1) is 23.2 Å². The normalized spacial score (nSPS) is 12.0. The number of rotatable bonds is 12. The average molecular weight is 301 g/mol. The lowest BCUT2D eigenvalue weighted by Gasteiger charge is -2.30. The van der Waals surface area contributed by atoms with Gasteiger partial charge in [0.1, 0.15) is 0 Å². The quantitative estimate of drug-likeness (QED) is 0.299. The molecule has 5 heteroatoms. The highest BCUT2D eigenvalue weighted by atomic mass is 35.5. The van der Waals surface area contributed by atoms with E-state index in [4.69, 9.17) is 32.1 Å². The van der Waals surface area contributed by atoms with E-state index in [0.29, 0.717) is 0 Å². The average Bonchev–Trinajstić information content (AvgIpc) is 2.30. The second-order valence-electron chi connectivity index (χ2n) is 4.07. The second kappa shape index (κ2) is 11.8. The lowest BCUT2D eigenvalue weighted by atomic mass is 10.4. The summed E-state index contributed by atoms with van der Waals surface area (Å²) < 4.78 is 12.0. The summed E-state index contributed by atoms with van der Waals surface area (Å²) in [4.78, 5) is 0. The maximum absolute atomic E-state index is 5.99. The minimum absolute atomic E-state index is 0.727. The van der Waals surface area contributed by atoms with Crippen molar-refractivity contribution in [3.63, 3.8) is 0 Å². The van der Waals surface area contributed by atoms with Gasteiger partial charge in [0, 0.05) is 25.0 Å². The SMILES string of the molecule is CCO[Si](CCCCCl)(CCCCCl)OCC. The molecule has 0 N–H and O–H groups in total. The molecule has 0 atom stereocenters. The van der Waals surface area contributed by atoms with Gasteiger partial charge < -0.3 is 8.85 Å². The van der Waals surface area contributed by atoms with Gasteiger partial charge in [-0.2, -0.15) is 0 Å². The summed E-state index contributed by atoms with van der Waals surface area (Å²) in [6.45, 7) is 5.58. The van der Waals surface area contributed by atoms with E-state index in [0.717, 1.165) is 62.7 Å². The van der Waals surface area contributed by atoms with E-state index in [1.54, 1.807) is 0 Å². The van der Waals surface area contributed by atoms with E-state index in [-0.39, 0.29) is 0 Å². The first kappa shape index (κ1) is 17.7. The molecule has 0 fully saturated rings. The molecule has 0 saturated carbocycles. The fraction of sp³-hybridized carbons (Fsp3) is 1.00. The Labute approximate surface area is 117 Å². The zero-order valence-electron chi connectivity index (χ0n) is 11.1. The van der Waals surface area contributed by atoms with E-state index < -0.39 is 8.56 Å². The molecule has 0 aromatic heterocycles. The molecule has 0 rings (SSSR count). The van der Waals surface area contributed by atoms with Crippen LogP contribution in [0.5, 0.6) is 0 Å². The van der Waals surface area contributed by atoms with Crippen LogP contribution in [0.2, 0.25) is 12.1 Å². The van der Waals surface area contributed by atoms with Gasteiger partial charge in [0.15, 0.2) is 0 Å². The van der Waals surface area contributed by atoms with Gasteiger partial charge >= 0.3 is 8.56 Å². The first-order valence-corrected chi connectivity index (χ1v) is 9.94. The van der Waals surface area contributed by atoms with Crippen molar-refractivity contribution < 1.29 is 8.85 Å². The van der Waals surface area contributed by atoms with E-state index >= 15 is 0 Å². The van der Waals surface area contributed by atoms with Gasteiger partial charge in [0.2, 0.25) is 0 Å². The van der Waals surface area contributed by atoms with Crippen LogP contribution in [0.15, 0.2) is 0 Å². The summed E-state index contributed by atoms with van der Waals surface area (Å²) in [7, 11) is -1.99. The van der Waals surface area contributed by atoms with Crippen molar-refractivity contribution in [3.05, 3.63) is 0 Å². The van der Waals surface area contributed by atoms with E-state index in [1.165, 1.54) is 0 Å². The van der Waals surface area contributed by atoms with E-state index in [1.807, 2.05) is 13.8 Å². The van der Waals surface area contributed by atoms with Crippen molar-refractivity contribution in [1.82, 2.24) is 0 Å². The summed E-state index contributed by atoms with van der Waals surface area (Å²) >= 11 is 11.5. The fourth-order valence-electron chi connectivity index (χ4n) is 1.96. The van der Waals surface area contributed by atoms with Crippen LogP contribution in [0.25, 0.3) is 0 Å². The predicted molar refractivity (Wildman–Crippen MR) is 78.5 cm³/mol. The molecule has 0 aliphatic carbocycles. The molecule has 0 saturated heterocycles. The number of halogens is 2. The molecule has 0 aromatic carbocycles. The maximum atomic E-state index is 5.99. The summed E-state index contributed by atoms with van der Waals surface area (Å²) in [6, 6.07) is 2.12. The molecule has 17 heavy (non-hydrogen) atoms. The number of hydrogen-bond donors (Lipinski definition) is 0. The molecule has 0 unspecified atom stereocenters. The van der Waals surface area contributed by atoms with Gasteiger partial charge in [0.25, 0.3) is 0 Å². The van der Waals surface area contributed by atoms with Gasteiger partial charge in [0.05, 0.1) is 0 Å². The van der Waals surface area contributed by atoms with Crippen LogP contribution in [0.3, 0.4) is 0 Å². The van der Waals surface area contributed by atoms with Gasteiger partial charge in [-0.25, -0.2) is 0 Å². The third kappa shape index (κ3) is 8.44. The third-order valence-electron chi connectivity index (χ3n) is 2.70. The van der Waals surface area contributed by atoms with Crippen LogP contribution in [0, 0.1) is 0 Å². The molecule has 0 aliphatic heterocycles. The molecule has 0 aromatic rings. The van der Waals surface area contributed by atoms with Crippen molar-refractivity contribution in [1.29, 1.82) is 0 Å². The molecule has 0 spiro atoms. The van der Waals surface area contributed by atoms with E-state index in [9.17, 15) is 0 Å². The second-order valence-corrected chi connectivity index (χ2v) is 8.22. The van der Waals surface area contributed by atoms with Crippen molar-refractivity contribution >= 4 is 31.8 Å². The van der Waals surface area contributed by atoms with Crippen LogP contribution < -0.4 is 0 Å². The molecule has 0 aliphatic rings. The molecule has 0 radical (unpaired) electrons. The van der Waals surface area contributed by atoms with Crippen LogP contribution in [-0.4, -0.2) is 33.5 Å². The highest BCUT2D eigenvalue weighted by Crippen LogP contribution is 2.25. The van der Waals surface area contributed by atoms with Crippen LogP contribution >= 0.6 is 23.2 Å². The zero-order valence-corrected chi connectivity index (χ0v) is 13.7. The first-order valence-electron chi connectivity index (χ1n) is 6.64. The monoisotopic (exact) mass is 300 g/mol. The minimum Gasteiger partial charge on any atom is -0.394 e. The fourth-order valence-corrected chi connectivity index (χ4v) is 5.88.